The van der Waals surface area contributed by atoms with Crippen LogP contribution in [0.4, 0.5) is 11.4 Å². The van der Waals surface area contributed by atoms with E-state index in [1.165, 1.54) is 5.56 Å². The van der Waals surface area contributed by atoms with E-state index in [9.17, 15) is 4.79 Å². The van der Waals surface area contributed by atoms with Gasteiger partial charge in [-0.05, 0) is 50.1 Å². The predicted octanol–water partition coefficient (Wildman–Crippen LogP) is 5.06. The quantitative estimate of drug-likeness (QED) is 0.669. The van der Waals surface area contributed by atoms with E-state index >= 15 is 0 Å². The molecule has 0 unspecified atom stereocenters. The van der Waals surface area contributed by atoms with E-state index in [1.54, 1.807) is 12.3 Å². The predicted molar refractivity (Wildman–Crippen MR) is 111 cm³/mol. The number of para-hydroxylation sites is 1. The van der Waals surface area contributed by atoms with Gasteiger partial charge < -0.3 is 10.2 Å². The lowest BCUT2D eigenvalue weighted by atomic mass is 10.1. The van der Waals surface area contributed by atoms with Gasteiger partial charge in [0.2, 0.25) is 0 Å². The smallest absolute Gasteiger partial charge is 0.274 e. The van der Waals surface area contributed by atoms with Crippen LogP contribution in [0.25, 0.3) is 0 Å². The summed E-state index contributed by atoms with van der Waals surface area (Å²) in [6, 6.07) is 22.1. The lowest BCUT2D eigenvalue weighted by Gasteiger charge is -2.29. The minimum absolute atomic E-state index is 0.199. The zero-order valence-corrected chi connectivity index (χ0v) is 16.0. The van der Waals surface area contributed by atoms with E-state index in [-0.39, 0.29) is 5.91 Å². The van der Waals surface area contributed by atoms with Crippen LogP contribution >= 0.6 is 0 Å². The van der Waals surface area contributed by atoms with Crippen LogP contribution in [-0.4, -0.2) is 16.9 Å². The number of nitrogens with zero attached hydrogens (tertiary/aromatic N) is 2. The number of aryl methyl sites for hydroxylation is 1. The maximum Gasteiger partial charge on any atom is 0.274 e. The first-order chi connectivity index (χ1) is 13.0. The molecule has 1 N–H and O–H groups in total. The number of hydrogen-bond acceptors (Lipinski definition) is 3. The maximum absolute atomic E-state index is 12.5. The molecule has 0 bridgehead atoms. The molecule has 1 aromatic heterocycles. The van der Waals surface area contributed by atoms with Gasteiger partial charge in [0.15, 0.2) is 0 Å². The molecule has 0 saturated heterocycles. The summed E-state index contributed by atoms with van der Waals surface area (Å²) in [4.78, 5) is 19.2. The van der Waals surface area contributed by atoms with E-state index in [4.69, 9.17) is 0 Å². The number of anilines is 2. The highest BCUT2D eigenvalue weighted by atomic mass is 16.1. The highest BCUT2D eigenvalue weighted by molar-refractivity contribution is 6.03. The number of aromatic nitrogens is 1. The molecule has 3 aromatic rings. The Labute approximate surface area is 160 Å². The summed E-state index contributed by atoms with van der Waals surface area (Å²) in [5.74, 6) is -0.199. The van der Waals surface area contributed by atoms with Crippen molar-refractivity contribution in [2.24, 2.45) is 0 Å². The molecule has 1 heterocycles. The first-order valence-corrected chi connectivity index (χ1v) is 9.18. The maximum atomic E-state index is 12.5. The summed E-state index contributed by atoms with van der Waals surface area (Å²) in [5.41, 5.74) is 4.48. The molecule has 0 aliphatic rings. The Kier molecular flexibility index (Phi) is 5.87. The third kappa shape index (κ3) is 4.73. The number of carbonyl (C=O) groups excluding carboxylic acids is 1. The molecule has 1 amide bonds. The van der Waals surface area contributed by atoms with Crippen LogP contribution in [-0.2, 0) is 6.54 Å². The number of pyridine rings is 1. The number of amides is 1. The fraction of sp³-hybridized carbons (Fsp3) is 0.217. The number of nitrogens with one attached hydrogen (secondary N) is 1. The first kappa shape index (κ1) is 18.6. The van der Waals surface area contributed by atoms with Crippen LogP contribution in [0.2, 0.25) is 0 Å². The summed E-state index contributed by atoms with van der Waals surface area (Å²) in [6.45, 7) is 7.08. The lowest BCUT2D eigenvalue weighted by molar-refractivity contribution is 0.102. The first-order valence-electron chi connectivity index (χ1n) is 9.18. The van der Waals surface area contributed by atoms with E-state index in [2.05, 4.69) is 41.2 Å². The van der Waals surface area contributed by atoms with Crippen LogP contribution in [0.1, 0.15) is 35.5 Å². The van der Waals surface area contributed by atoms with Gasteiger partial charge in [-0.1, -0.05) is 48.5 Å². The minimum Gasteiger partial charge on any atom is -0.364 e. The summed E-state index contributed by atoms with van der Waals surface area (Å²) >= 11 is 0. The zero-order chi connectivity index (χ0) is 19.2. The monoisotopic (exact) mass is 359 g/mol. The van der Waals surface area contributed by atoms with Crippen molar-refractivity contribution in [2.45, 2.75) is 33.4 Å². The van der Waals surface area contributed by atoms with Crippen LogP contribution in [0.15, 0.2) is 72.9 Å². The van der Waals surface area contributed by atoms with Gasteiger partial charge in [-0.2, -0.15) is 0 Å². The molecule has 0 atom stereocenters. The van der Waals surface area contributed by atoms with Crippen LogP contribution in [0.3, 0.4) is 0 Å². The molecular weight excluding hydrogens is 334 g/mol. The van der Waals surface area contributed by atoms with Crippen LogP contribution in [0, 0.1) is 6.92 Å². The molecule has 4 heteroatoms. The van der Waals surface area contributed by atoms with Crippen LogP contribution < -0.4 is 10.2 Å². The summed E-state index contributed by atoms with van der Waals surface area (Å²) in [6.07, 6.45) is 1.77. The van der Waals surface area contributed by atoms with Gasteiger partial charge in [0, 0.05) is 18.3 Å². The second-order valence-electron chi connectivity index (χ2n) is 6.88. The fourth-order valence-corrected chi connectivity index (χ4v) is 2.94. The second kappa shape index (κ2) is 8.49. The highest BCUT2D eigenvalue weighted by Gasteiger charge is 2.14. The molecule has 0 radical (unpaired) electrons. The van der Waals surface area contributed by atoms with E-state index in [0.29, 0.717) is 11.7 Å². The third-order valence-corrected chi connectivity index (χ3v) is 4.52. The fourth-order valence-electron chi connectivity index (χ4n) is 2.94. The minimum atomic E-state index is -0.199. The van der Waals surface area contributed by atoms with Gasteiger partial charge in [-0.15, -0.1) is 0 Å². The SMILES string of the molecule is Cc1ccccc1NC(=O)c1ccc(N(Cc2ccccc2)C(C)C)cn1. The lowest BCUT2D eigenvalue weighted by Crippen LogP contribution is -2.30. The Morgan fingerprint density at radius 3 is 2.33 bits per heavy atom. The van der Waals surface area contributed by atoms with Crippen molar-refractivity contribution >= 4 is 17.3 Å². The van der Waals surface area contributed by atoms with Crippen molar-refractivity contribution in [2.75, 3.05) is 10.2 Å². The number of rotatable bonds is 6. The van der Waals surface area contributed by atoms with Gasteiger partial charge in [0.25, 0.3) is 5.91 Å². The molecule has 3 rings (SSSR count). The third-order valence-electron chi connectivity index (χ3n) is 4.52. The van der Waals surface area contributed by atoms with Gasteiger partial charge in [-0.3, -0.25) is 4.79 Å². The average molecular weight is 359 g/mol. The number of hydrogen-bond donors (Lipinski definition) is 1. The van der Waals surface area contributed by atoms with Crippen molar-refractivity contribution in [1.29, 1.82) is 0 Å². The van der Waals surface area contributed by atoms with Crippen molar-refractivity contribution < 1.29 is 4.79 Å². The Bertz CT molecular complexity index is 889. The second-order valence-corrected chi connectivity index (χ2v) is 6.88. The standard InChI is InChI=1S/C23H25N3O/c1-17(2)26(16-19-10-5-4-6-11-19)20-13-14-22(24-15-20)23(27)25-21-12-8-7-9-18(21)3/h4-15,17H,16H2,1-3H3,(H,25,27). The molecule has 2 aromatic carbocycles. The largest absolute Gasteiger partial charge is 0.364 e. The van der Waals surface area contributed by atoms with Gasteiger partial charge in [0.1, 0.15) is 5.69 Å². The average Bonchev–Trinajstić information content (AvgIpc) is 2.68. The number of carbonyl (C=O) groups is 1. The van der Waals surface area contributed by atoms with E-state index in [0.717, 1.165) is 23.5 Å². The Balaban J connectivity index is 1.74. The Hall–Kier alpha value is -3.14. The van der Waals surface area contributed by atoms with Gasteiger partial charge >= 0.3 is 0 Å². The molecule has 0 saturated carbocycles. The summed E-state index contributed by atoms with van der Waals surface area (Å²) < 4.78 is 0. The van der Waals surface area contributed by atoms with Gasteiger partial charge in [0.05, 0.1) is 11.9 Å². The molecule has 0 spiro atoms. The van der Waals surface area contributed by atoms with Crippen molar-refractivity contribution in [1.82, 2.24) is 4.98 Å². The van der Waals surface area contributed by atoms with Gasteiger partial charge in [-0.25, -0.2) is 4.98 Å². The molecule has 0 fully saturated rings. The van der Waals surface area contributed by atoms with E-state index < -0.39 is 0 Å². The molecule has 0 aliphatic carbocycles. The Morgan fingerprint density at radius 1 is 1.00 bits per heavy atom. The molecule has 0 aliphatic heterocycles. The van der Waals surface area contributed by atoms with Crippen molar-refractivity contribution in [3.8, 4) is 0 Å². The highest BCUT2D eigenvalue weighted by Crippen LogP contribution is 2.20. The topological polar surface area (TPSA) is 45.2 Å². The summed E-state index contributed by atoms with van der Waals surface area (Å²) in [7, 11) is 0. The van der Waals surface area contributed by atoms with Crippen molar-refractivity contribution in [3.63, 3.8) is 0 Å². The summed E-state index contributed by atoms with van der Waals surface area (Å²) in [5, 5.41) is 2.92. The van der Waals surface area contributed by atoms with Crippen LogP contribution in [0.5, 0.6) is 0 Å². The molecule has 138 valence electrons. The normalized spacial score (nSPS) is 10.7. The Morgan fingerprint density at radius 2 is 1.70 bits per heavy atom. The molecule has 27 heavy (non-hydrogen) atoms. The molecule has 4 nitrogen and oxygen atoms in total. The van der Waals surface area contributed by atoms with E-state index in [1.807, 2.05) is 55.5 Å². The zero-order valence-electron chi connectivity index (χ0n) is 16.0. The van der Waals surface area contributed by atoms with Crippen molar-refractivity contribution in [3.05, 3.63) is 89.7 Å². The number of benzene rings is 2. The molecular formula is C23H25N3O.